The average Bonchev–Trinajstić information content (AvgIpc) is 2.42. The summed E-state index contributed by atoms with van der Waals surface area (Å²) in [7, 11) is 2.79. The molecule has 0 bridgehead atoms. The second-order valence-electron chi connectivity index (χ2n) is 3.70. The van der Waals surface area contributed by atoms with E-state index in [4.69, 9.17) is 9.84 Å². The molecule has 0 unspecified atom stereocenters. The first-order valence-electron chi connectivity index (χ1n) is 5.58. The second-order valence-corrected chi connectivity index (χ2v) is 3.70. The Morgan fingerprint density at radius 3 is 2.74 bits per heavy atom. The maximum atomic E-state index is 11.4. The molecular weight excluding hydrogens is 252 g/mol. The highest BCUT2D eigenvalue weighted by Gasteiger charge is 2.14. The van der Waals surface area contributed by atoms with E-state index in [1.807, 2.05) is 0 Å². The number of carboxylic acid groups (broad SMARTS) is 1. The summed E-state index contributed by atoms with van der Waals surface area (Å²) in [6, 6.07) is 3.12. The molecule has 1 aromatic rings. The number of aliphatic carboxylic acids is 1. The molecule has 0 atom stereocenters. The lowest BCUT2D eigenvalue weighted by molar-refractivity contribution is -0.135. The summed E-state index contributed by atoms with van der Waals surface area (Å²) in [4.78, 5) is 27.7. The van der Waals surface area contributed by atoms with Crippen LogP contribution in [-0.4, -0.2) is 55.9 Å². The second kappa shape index (κ2) is 7.32. The Morgan fingerprint density at radius 2 is 2.16 bits per heavy atom. The van der Waals surface area contributed by atoms with E-state index < -0.39 is 11.9 Å². The van der Waals surface area contributed by atoms with Gasteiger partial charge in [-0.2, -0.15) is 0 Å². The minimum atomic E-state index is -0.965. The number of carbonyl (C=O) groups is 2. The van der Waals surface area contributed by atoms with Gasteiger partial charge < -0.3 is 19.5 Å². The topological polar surface area (TPSA) is 89.0 Å². The minimum Gasteiger partial charge on any atom is -0.480 e. The number of nitrogens with zero attached hydrogens (tertiary/aromatic N) is 2. The van der Waals surface area contributed by atoms with Gasteiger partial charge in [0.05, 0.1) is 13.7 Å². The molecule has 0 aliphatic heterocycles. The lowest BCUT2D eigenvalue weighted by Crippen LogP contribution is -2.32. The number of hydrogen-bond acceptors (Lipinski definition) is 6. The Hall–Kier alpha value is -2.15. The van der Waals surface area contributed by atoms with Crippen molar-refractivity contribution in [2.75, 3.05) is 38.8 Å². The van der Waals surface area contributed by atoms with Crippen molar-refractivity contribution in [2.45, 2.75) is 0 Å². The number of aromatic nitrogens is 1. The third-order valence-corrected chi connectivity index (χ3v) is 2.39. The zero-order valence-corrected chi connectivity index (χ0v) is 10.8. The predicted molar refractivity (Wildman–Crippen MR) is 67.3 cm³/mol. The van der Waals surface area contributed by atoms with E-state index in [2.05, 4.69) is 9.72 Å². The lowest BCUT2D eigenvalue weighted by atomic mass is 10.3. The molecule has 0 amide bonds. The monoisotopic (exact) mass is 268 g/mol. The van der Waals surface area contributed by atoms with Crippen LogP contribution in [0.4, 0.5) is 5.69 Å². The average molecular weight is 268 g/mol. The number of carboxylic acids is 1. The molecule has 0 fully saturated rings. The van der Waals surface area contributed by atoms with E-state index >= 15 is 0 Å². The van der Waals surface area contributed by atoms with Gasteiger partial charge in [-0.05, 0) is 12.1 Å². The normalized spacial score (nSPS) is 10.0. The standard InChI is InChI=1S/C12H16N2O5/c1-18-6-5-14(8-11(15)16)9-3-4-13-10(7-9)12(17)19-2/h3-4,7H,5-6,8H2,1-2H3,(H,15,16). The van der Waals surface area contributed by atoms with Crippen LogP contribution < -0.4 is 4.90 Å². The number of carbonyl (C=O) groups excluding carboxylic acids is 1. The largest absolute Gasteiger partial charge is 0.480 e. The molecule has 1 N–H and O–H groups in total. The maximum Gasteiger partial charge on any atom is 0.356 e. The molecule has 19 heavy (non-hydrogen) atoms. The van der Waals surface area contributed by atoms with Crippen LogP contribution >= 0.6 is 0 Å². The number of hydrogen-bond donors (Lipinski definition) is 1. The number of rotatable bonds is 7. The number of methoxy groups -OCH3 is 2. The fourth-order valence-corrected chi connectivity index (χ4v) is 1.50. The first kappa shape index (κ1) is 14.9. The highest BCUT2D eigenvalue weighted by Crippen LogP contribution is 2.14. The van der Waals surface area contributed by atoms with E-state index in [1.54, 1.807) is 11.0 Å². The van der Waals surface area contributed by atoms with Crippen molar-refractivity contribution >= 4 is 17.6 Å². The summed E-state index contributed by atoms with van der Waals surface area (Å²) in [6.07, 6.45) is 1.43. The molecule has 1 aromatic heterocycles. The summed E-state index contributed by atoms with van der Waals surface area (Å²) in [5.74, 6) is -1.53. The number of esters is 1. The van der Waals surface area contributed by atoms with Gasteiger partial charge in [-0.25, -0.2) is 9.78 Å². The summed E-state index contributed by atoms with van der Waals surface area (Å²) in [6.45, 7) is 0.588. The van der Waals surface area contributed by atoms with Crippen LogP contribution in [0.15, 0.2) is 18.3 Å². The number of pyridine rings is 1. The van der Waals surface area contributed by atoms with Crippen molar-refractivity contribution in [3.63, 3.8) is 0 Å². The Bertz CT molecular complexity index is 450. The SMILES string of the molecule is COCCN(CC(=O)O)c1ccnc(C(=O)OC)c1. The highest BCUT2D eigenvalue weighted by atomic mass is 16.5. The Balaban J connectivity index is 2.94. The zero-order chi connectivity index (χ0) is 14.3. The third kappa shape index (κ3) is 4.55. The van der Waals surface area contributed by atoms with Crippen LogP contribution in [0.25, 0.3) is 0 Å². The van der Waals surface area contributed by atoms with Crippen LogP contribution in [0.3, 0.4) is 0 Å². The summed E-state index contributed by atoms with van der Waals surface area (Å²) in [5, 5.41) is 8.88. The molecule has 0 saturated heterocycles. The molecule has 0 aliphatic rings. The van der Waals surface area contributed by atoms with Crippen molar-refractivity contribution in [2.24, 2.45) is 0 Å². The Morgan fingerprint density at radius 1 is 1.42 bits per heavy atom. The van der Waals surface area contributed by atoms with Gasteiger partial charge in [0.2, 0.25) is 0 Å². The zero-order valence-electron chi connectivity index (χ0n) is 10.8. The Kier molecular flexibility index (Phi) is 5.74. The van der Waals surface area contributed by atoms with Crippen molar-refractivity contribution < 1.29 is 24.2 Å². The predicted octanol–water partition coefficient (Wildman–Crippen LogP) is 0.406. The molecule has 0 aliphatic carbocycles. The fraction of sp³-hybridized carbons (Fsp3) is 0.417. The van der Waals surface area contributed by atoms with Gasteiger partial charge in [-0.3, -0.25) is 4.79 Å². The lowest BCUT2D eigenvalue weighted by Gasteiger charge is -2.22. The van der Waals surface area contributed by atoms with Gasteiger partial charge in [-0.15, -0.1) is 0 Å². The molecule has 0 aromatic carbocycles. The highest BCUT2D eigenvalue weighted by molar-refractivity contribution is 5.88. The summed E-state index contributed by atoms with van der Waals surface area (Å²) < 4.78 is 9.50. The van der Waals surface area contributed by atoms with E-state index in [9.17, 15) is 9.59 Å². The van der Waals surface area contributed by atoms with Crippen molar-refractivity contribution in [3.8, 4) is 0 Å². The number of ether oxygens (including phenoxy) is 2. The van der Waals surface area contributed by atoms with Crippen molar-refractivity contribution in [1.29, 1.82) is 0 Å². The first-order valence-corrected chi connectivity index (χ1v) is 5.58. The van der Waals surface area contributed by atoms with Crippen LogP contribution in [0.2, 0.25) is 0 Å². The fourth-order valence-electron chi connectivity index (χ4n) is 1.50. The molecule has 0 spiro atoms. The van der Waals surface area contributed by atoms with Gasteiger partial charge in [0.15, 0.2) is 0 Å². The maximum absolute atomic E-state index is 11.4. The quantitative estimate of drug-likeness (QED) is 0.716. The van der Waals surface area contributed by atoms with Gasteiger partial charge in [0, 0.05) is 25.5 Å². The van der Waals surface area contributed by atoms with E-state index in [-0.39, 0.29) is 12.2 Å². The Labute approximate surface area is 110 Å². The van der Waals surface area contributed by atoms with Crippen LogP contribution in [0, 0.1) is 0 Å². The van der Waals surface area contributed by atoms with Crippen molar-refractivity contribution in [3.05, 3.63) is 24.0 Å². The molecule has 0 saturated carbocycles. The van der Waals surface area contributed by atoms with Gasteiger partial charge in [-0.1, -0.05) is 0 Å². The molecule has 1 heterocycles. The van der Waals surface area contributed by atoms with Crippen LogP contribution in [-0.2, 0) is 14.3 Å². The van der Waals surface area contributed by atoms with Crippen LogP contribution in [0.1, 0.15) is 10.5 Å². The molecule has 7 nitrogen and oxygen atoms in total. The van der Waals surface area contributed by atoms with E-state index in [0.29, 0.717) is 18.8 Å². The summed E-state index contributed by atoms with van der Waals surface area (Å²) >= 11 is 0. The molecule has 1 rings (SSSR count). The van der Waals surface area contributed by atoms with E-state index in [1.165, 1.54) is 26.5 Å². The molecular formula is C12H16N2O5. The van der Waals surface area contributed by atoms with Gasteiger partial charge >= 0.3 is 11.9 Å². The van der Waals surface area contributed by atoms with E-state index in [0.717, 1.165) is 0 Å². The van der Waals surface area contributed by atoms with Crippen LogP contribution in [0.5, 0.6) is 0 Å². The van der Waals surface area contributed by atoms with Crippen molar-refractivity contribution in [1.82, 2.24) is 4.98 Å². The smallest absolute Gasteiger partial charge is 0.356 e. The van der Waals surface area contributed by atoms with Gasteiger partial charge in [0.25, 0.3) is 0 Å². The van der Waals surface area contributed by atoms with Gasteiger partial charge in [0.1, 0.15) is 12.2 Å². The molecule has 0 radical (unpaired) electrons. The molecule has 7 heteroatoms. The minimum absolute atomic E-state index is 0.132. The first-order chi connectivity index (χ1) is 9.08. The molecule has 104 valence electrons. The summed E-state index contributed by atoms with van der Waals surface area (Å²) in [5.41, 5.74) is 0.711. The number of anilines is 1. The third-order valence-electron chi connectivity index (χ3n) is 2.39.